The Morgan fingerprint density at radius 1 is 0.917 bits per heavy atom. The van der Waals surface area contributed by atoms with Gasteiger partial charge in [-0.1, -0.05) is 48.0 Å². The van der Waals surface area contributed by atoms with Gasteiger partial charge in [-0.2, -0.15) is 5.10 Å². The average Bonchev–Trinajstić information content (AvgIpc) is 3.32. The number of anilines is 1. The topological polar surface area (TPSA) is 39.2 Å². The highest BCUT2D eigenvalue weighted by atomic mass is 19.1. The van der Waals surface area contributed by atoms with Gasteiger partial charge in [-0.3, -0.25) is 9.69 Å². The first-order valence-corrected chi connectivity index (χ1v) is 12.3. The largest absolute Gasteiger partial charge is 0.367 e. The van der Waals surface area contributed by atoms with Gasteiger partial charge in [-0.05, 0) is 43.7 Å². The van der Waals surface area contributed by atoms with Crippen molar-refractivity contribution in [3.05, 3.63) is 101 Å². The SMILES string of the molecule is Cc1ccc(C)c(C2=NN(C(=O)CN3CCN(c4ccccc4F)CC3)[C@H](c3ccccc3F)C2)c1. The molecule has 1 amide bonds. The minimum Gasteiger partial charge on any atom is -0.367 e. The maximum atomic E-state index is 14.8. The number of hydrogen-bond donors (Lipinski definition) is 0. The molecule has 3 aromatic rings. The smallest absolute Gasteiger partial charge is 0.257 e. The maximum absolute atomic E-state index is 14.8. The standard InChI is InChI=1S/C29H30F2N4O/c1-20-11-12-21(2)23(17-20)26-18-28(22-7-3-4-8-24(22)30)35(32-26)29(36)19-33-13-15-34(16-14-33)27-10-6-5-9-25(27)31/h3-12,17,28H,13-16,18-19H2,1-2H3/t28-/m0/s1. The number of rotatable bonds is 5. The molecule has 1 atom stereocenters. The second-order valence-corrected chi connectivity index (χ2v) is 9.56. The van der Waals surface area contributed by atoms with E-state index in [4.69, 9.17) is 5.10 Å². The van der Waals surface area contributed by atoms with E-state index in [-0.39, 0.29) is 24.1 Å². The Kier molecular flexibility index (Phi) is 6.83. The van der Waals surface area contributed by atoms with E-state index in [0.29, 0.717) is 43.9 Å². The van der Waals surface area contributed by atoms with Crippen molar-refractivity contribution >= 4 is 17.3 Å². The summed E-state index contributed by atoms with van der Waals surface area (Å²) in [7, 11) is 0. The number of benzene rings is 3. The third-order valence-corrected chi connectivity index (χ3v) is 7.06. The quantitative estimate of drug-likeness (QED) is 0.503. The van der Waals surface area contributed by atoms with Gasteiger partial charge in [0, 0.05) is 43.7 Å². The van der Waals surface area contributed by atoms with Gasteiger partial charge in [0.05, 0.1) is 24.0 Å². The number of carbonyl (C=O) groups is 1. The van der Waals surface area contributed by atoms with Crippen molar-refractivity contribution in [3.63, 3.8) is 0 Å². The summed E-state index contributed by atoms with van der Waals surface area (Å²) >= 11 is 0. The van der Waals surface area contributed by atoms with Crippen LogP contribution < -0.4 is 4.90 Å². The summed E-state index contributed by atoms with van der Waals surface area (Å²) in [4.78, 5) is 17.6. The molecule has 0 saturated carbocycles. The number of para-hydroxylation sites is 1. The summed E-state index contributed by atoms with van der Waals surface area (Å²) in [5, 5.41) is 6.22. The summed E-state index contributed by atoms with van der Waals surface area (Å²) in [5.41, 5.74) is 5.03. The summed E-state index contributed by atoms with van der Waals surface area (Å²) in [6, 6.07) is 19.0. The first kappa shape index (κ1) is 24.1. The van der Waals surface area contributed by atoms with Crippen molar-refractivity contribution in [2.75, 3.05) is 37.6 Å². The molecule has 2 heterocycles. The van der Waals surface area contributed by atoms with E-state index in [0.717, 1.165) is 22.4 Å². The molecule has 2 aliphatic rings. The molecule has 2 aliphatic heterocycles. The number of halogens is 2. The van der Waals surface area contributed by atoms with Crippen LogP contribution in [0.25, 0.3) is 0 Å². The lowest BCUT2D eigenvalue weighted by Gasteiger charge is -2.36. The molecule has 1 saturated heterocycles. The molecule has 0 aliphatic carbocycles. The number of nitrogens with zero attached hydrogens (tertiary/aromatic N) is 4. The van der Waals surface area contributed by atoms with E-state index < -0.39 is 6.04 Å². The summed E-state index contributed by atoms with van der Waals surface area (Å²) < 4.78 is 29.0. The van der Waals surface area contributed by atoms with Crippen molar-refractivity contribution in [1.29, 1.82) is 0 Å². The molecule has 5 rings (SSSR count). The van der Waals surface area contributed by atoms with Crippen LogP contribution in [-0.4, -0.2) is 54.3 Å². The summed E-state index contributed by atoms with van der Waals surface area (Å²) in [5.74, 6) is -0.737. The Balaban J connectivity index is 1.34. The normalized spacial score (nSPS) is 18.4. The van der Waals surface area contributed by atoms with Gasteiger partial charge < -0.3 is 4.90 Å². The van der Waals surface area contributed by atoms with Crippen LogP contribution in [0, 0.1) is 25.5 Å². The van der Waals surface area contributed by atoms with Crippen molar-refractivity contribution < 1.29 is 13.6 Å². The highest BCUT2D eigenvalue weighted by Crippen LogP contribution is 2.35. The molecule has 0 radical (unpaired) electrons. The van der Waals surface area contributed by atoms with Crippen molar-refractivity contribution in [2.24, 2.45) is 5.10 Å². The van der Waals surface area contributed by atoms with Crippen LogP contribution in [0.2, 0.25) is 0 Å². The fraction of sp³-hybridized carbons (Fsp3) is 0.310. The van der Waals surface area contributed by atoms with E-state index in [9.17, 15) is 13.6 Å². The van der Waals surface area contributed by atoms with Crippen molar-refractivity contribution in [3.8, 4) is 0 Å². The number of piperazine rings is 1. The highest BCUT2D eigenvalue weighted by molar-refractivity contribution is 6.04. The molecule has 5 nitrogen and oxygen atoms in total. The second kappa shape index (κ2) is 10.2. The molecule has 7 heteroatoms. The molecular formula is C29H30F2N4O. The molecule has 0 bridgehead atoms. The summed E-state index contributed by atoms with van der Waals surface area (Å²) in [6.45, 7) is 6.74. The van der Waals surface area contributed by atoms with Crippen LogP contribution in [0.5, 0.6) is 0 Å². The predicted octanol–water partition coefficient (Wildman–Crippen LogP) is 5.08. The van der Waals surface area contributed by atoms with Crippen LogP contribution in [0.15, 0.2) is 71.8 Å². The lowest BCUT2D eigenvalue weighted by atomic mass is 9.95. The summed E-state index contributed by atoms with van der Waals surface area (Å²) in [6.07, 6.45) is 0.456. The van der Waals surface area contributed by atoms with Crippen LogP contribution in [-0.2, 0) is 4.79 Å². The third-order valence-electron chi connectivity index (χ3n) is 7.06. The molecule has 0 N–H and O–H groups in total. The Morgan fingerprint density at radius 2 is 1.61 bits per heavy atom. The zero-order valence-electron chi connectivity index (χ0n) is 20.6. The maximum Gasteiger partial charge on any atom is 0.257 e. The van der Waals surface area contributed by atoms with Gasteiger partial charge in [0.2, 0.25) is 0 Å². The second-order valence-electron chi connectivity index (χ2n) is 9.56. The van der Waals surface area contributed by atoms with E-state index in [1.165, 1.54) is 17.1 Å². The zero-order chi connectivity index (χ0) is 25.2. The van der Waals surface area contributed by atoms with E-state index >= 15 is 0 Å². The Bertz CT molecular complexity index is 1300. The molecule has 36 heavy (non-hydrogen) atoms. The van der Waals surface area contributed by atoms with Crippen molar-refractivity contribution in [1.82, 2.24) is 9.91 Å². The minimum atomic E-state index is -0.492. The van der Waals surface area contributed by atoms with E-state index in [1.807, 2.05) is 36.9 Å². The molecule has 1 fully saturated rings. The fourth-order valence-electron chi connectivity index (χ4n) is 5.06. The Labute approximate surface area is 210 Å². The Hall–Kier alpha value is -3.58. The number of amides is 1. The lowest BCUT2D eigenvalue weighted by Crippen LogP contribution is -2.49. The van der Waals surface area contributed by atoms with Gasteiger partial charge in [0.25, 0.3) is 5.91 Å². The third kappa shape index (κ3) is 4.88. The molecule has 0 unspecified atom stereocenters. The molecule has 186 valence electrons. The van der Waals surface area contributed by atoms with Crippen LogP contribution in [0.4, 0.5) is 14.5 Å². The first-order chi connectivity index (χ1) is 17.4. The van der Waals surface area contributed by atoms with Crippen LogP contribution in [0.1, 0.15) is 34.7 Å². The highest BCUT2D eigenvalue weighted by Gasteiger charge is 2.36. The molecule has 3 aromatic carbocycles. The number of hydrazone groups is 1. The predicted molar refractivity (Wildman–Crippen MR) is 138 cm³/mol. The van der Waals surface area contributed by atoms with Crippen LogP contribution >= 0.6 is 0 Å². The monoisotopic (exact) mass is 488 g/mol. The van der Waals surface area contributed by atoms with E-state index in [1.54, 1.807) is 30.3 Å². The number of aryl methyl sites for hydroxylation is 2. The Morgan fingerprint density at radius 3 is 2.33 bits per heavy atom. The molecule has 0 aromatic heterocycles. The first-order valence-electron chi connectivity index (χ1n) is 12.3. The van der Waals surface area contributed by atoms with Gasteiger partial charge in [0.1, 0.15) is 11.6 Å². The van der Waals surface area contributed by atoms with Gasteiger partial charge in [-0.15, -0.1) is 0 Å². The number of hydrogen-bond acceptors (Lipinski definition) is 4. The van der Waals surface area contributed by atoms with Crippen LogP contribution in [0.3, 0.4) is 0 Å². The van der Waals surface area contributed by atoms with E-state index in [2.05, 4.69) is 11.0 Å². The lowest BCUT2D eigenvalue weighted by molar-refractivity contribution is -0.134. The number of carbonyl (C=O) groups excluding carboxylic acids is 1. The van der Waals surface area contributed by atoms with Crippen molar-refractivity contribution in [2.45, 2.75) is 26.3 Å². The zero-order valence-corrected chi connectivity index (χ0v) is 20.6. The molecule has 0 spiro atoms. The van der Waals surface area contributed by atoms with Gasteiger partial charge in [-0.25, -0.2) is 13.8 Å². The van der Waals surface area contributed by atoms with Gasteiger partial charge >= 0.3 is 0 Å². The molecular weight excluding hydrogens is 458 g/mol. The average molecular weight is 489 g/mol. The minimum absolute atomic E-state index is 0.164. The fourth-order valence-corrected chi connectivity index (χ4v) is 5.06. The van der Waals surface area contributed by atoms with Gasteiger partial charge in [0.15, 0.2) is 0 Å².